The van der Waals surface area contributed by atoms with Crippen molar-refractivity contribution >= 4 is 54.9 Å². The number of nitrogens with one attached hydrogen (secondary N) is 2. The first-order valence-electron chi connectivity index (χ1n) is 11.7. The molecule has 35 heavy (non-hydrogen) atoms. The Kier molecular flexibility index (Phi) is 9.69. The zero-order chi connectivity index (χ0) is 25.6. The molecule has 0 atom stereocenters. The predicted molar refractivity (Wildman–Crippen MR) is 146 cm³/mol. The summed E-state index contributed by atoms with van der Waals surface area (Å²) in [5, 5.41) is 5.68. The second-order valence-electron chi connectivity index (χ2n) is 9.10. The van der Waals surface area contributed by atoms with E-state index in [1.165, 1.54) is 4.31 Å². The summed E-state index contributed by atoms with van der Waals surface area (Å²) >= 11 is 8.71. The molecule has 1 fully saturated rings. The van der Waals surface area contributed by atoms with Crippen molar-refractivity contribution in [1.29, 1.82) is 0 Å². The Balaban J connectivity index is 1.58. The first kappa shape index (κ1) is 27.6. The SMILES string of the molecule is CC(C)COc1ccc(C(=O)NC(=S)Nc2ccc(S(=O)(=O)N(C)C3CCCCC3)cc2)cc1Br. The highest BCUT2D eigenvalue weighted by atomic mass is 79.9. The zero-order valence-corrected chi connectivity index (χ0v) is 23.4. The lowest BCUT2D eigenvalue weighted by atomic mass is 9.96. The van der Waals surface area contributed by atoms with Crippen LogP contribution in [0.3, 0.4) is 0 Å². The molecule has 0 aliphatic heterocycles. The normalized spacial score (nSPS) is 14.7. The highest BCUT2D eigenvalue weighted by molar-refractivity contribution is 9.10. The van der Waals surface area contributed by atoms with Crippen molar-refractivity contribution in [3.63, 3.8) is 0 Å². The van der Waals surface area contributed by atoms with E-state index in [1.54, 1.807) is 49.5 Å². The molecule has 0 radical (unpaired) electrons. The van der Waals surface area contributed by atoms with Crippen LogP contribution in [0, 0.1) is 5.92 Å². The molecule has 10 heteroatoms. The Labute approximate surface area is 221 Å². The summed E-state index contributed by atoms with van der Waals surface area (Å²) in [5.74, 6) is 0.687. The second kappa shape index (κ2) is 12.3. The maximum absolute atomic E-state index is 13.0. The topological polar surface area (TPSA) is 87.7 Å². The molecule has 2 aromatic carbocycles. The van der Waals surface area contributed by atoms with E-state index < -0.39 is 10.0 Å². The van der Waals surface area contributed by atoms with E-state index in [-0.39, 0.29) is 22.0 Å². The predicted octanol–water partition coefficient (Wildman–Crippen LogP) is 5.56. The number of nitrogens with zero attached hydrogens (tertiary/aromatic N) is 1. The van der Waals surface area contributed by atoms with Gasteiger partial charge in [-0.2, -0.15) is 4.31 Å². The van der Waals surface area contributed by atoms with E-state index in [0.717, 1.165) is 32.1 Å². The van der Waals surface area contributed by atoms with Gasteiger partial charge in [-0.25, -0.2) is 8.42 Å². The Morgan fingerprint density at radius 3 is 2.40 bits per heavy atom. The van der Waals surface area contributed by atoms with Crippen molar-refractivity contribution < 1.29 is 17.9 Å². The smallest absolute Gasteiger partial charge is 0.257 e. The first-order chi connectivity index (χ1) is 16.6. The van der Waals surface area contributed by atoms with Crippen molar-refractivity contribution in [2.24, 2.45) is 5.92 Å². The van der Waals surface area contributed by atoms with E-state index >= 15 is 0 Å². The van der Waals surface area contributed by atoms with Gasteiger partial charge in [-0.05, 0) is 89.4 Å². The van der Waals surface area contributed by atoms with E-state index in [1.807, 2.05) is 0 Å². The molecule has 3 rings (SSSR count). The van der Waals surface area contributed by atoms with Gasteiger partial charge in [0.05, 0.1) is 16.0 Å². The fraction of sp³-hybridized carbons (Fsp3) is 0.440. The Morgan fingerprint density at radius 2 is 1.80 bits per heavy atom. The van der Waals surface area contributed by atoms with Crippen LogP contribution in [0.25, 0.3) is 0 Å². The number of amides is 1. The summed E-state index contributed by atoms with van der Waals surface area (Å²) in [4.78, 5) is 12.8. The molecule has 1 aliphatic carbocycles. The lowest BCUT2D eigenvalue weighted by Crippen LogP contribution is -2.38. The number of carbonyl (C=O) groups is 1. The monoisotopic (exact) mass is 581 g/mol. The average molecular weight is 583 g/mol. The minimum absolute atomic E-state index is 0.0465. The van der Waals surface area contributed by atoms with E-state index in [0.29, 0.717) is 34.0 Å². The molecule has 2 aromatic rings. The molecule has 0 saturated heterocycles. The number of halogens is 1. The number of hydrogen-bond donors (Lipinski definition) is 2. The van der Waals surface area contributed by atoms with Gasteiger partial charge in [0.25, 0.3) is 5.91 Å². The van der Waals surface area contributed by atoms with Crippen LogP contribution < -0.4 is 15.4 Å². The number of rotatable bonds is 8. The quantitative estimate of drug-likeness (QED) is 0.396. The number of carbonyl (C=O) groups excluding carboxylic acids is 1. The average Bonchev–Trinajstić information content (AvgIpc) is 2.83. The Bertz CT molecular complexity index is 1150. The molecule has 190 valence electrons. The summed E-state index contributed by atoms with van der Waals surface area (Å²) in [6.45, 7) is 4.70. The lowest BCUT2D eigenvalue weighted by Gasteiger charge is -2.30. The molecule has 0 aromatic heterocycles. The van der Waals surface area contributed by atoms with Gasteiger partial charge >= 0.3 is 0 Å². The molecule has 0 spiro atoms. The maximum Gasteiger partial charge on any atom is 0.257 e. The summed E-state index contributed by atoms with van der Waals surface area (Å²) < 4.78 is 33.9. The van der Waals surface area contributed by atoms with E-state index in [4.69, 9.17) is 17.0 Å². The highest BCUT2D eigenvalue weighted by Crippen LogP contribution is 2.28. The number of thiocarbonyl (C=S) groups is 1. The highest BCUT2D eigenvalue weighted by Gasteiger charge is 2.29. The molecular weight excluding hydrogens is 550 g/mol. The standard InChI is InChI=1S/C25H32BrN3O4S2/c1-17(2)16-33-23-14-9-18(15-22(23)26)24(30)28-25(34)27-19-10-12-21(13-11-19)35(31,32)29(3)20-7-5-4-6-8-20/h9-15,17,20H,4-8,16H2,1-3H3,(H2,27,28,30,34). The number of hydrogen-bond acceptors (Lipinski definition) is 5. The fourth-order valence-corrected chi connectivity index (χ4v) is 5.99. The fourth-order valence-electron chi connectivity index (χ4n) is 3.87. The second-order valence-corrected chi connectivity index (χ2v) is 12.4. The van der Waals surface area contributed by atoms with Gasteiger partial charge in [0, 0.05) is 24.3 Å². The summed E-state index contributed by atoms with van der Waals surface area (Å²) in [5.41, 5.74) is 0.998. The molecule has 1 amide bonds. The van der Waals surface area contributed by atoms with Crippen molar-refractivity contribution in [1.82, 2.24) is 9.62 Å². The Hall–Kier alpha value is -2.01. The molecule has 2 N–H and O–H groups in total. The van der Waals surface area contributed by atoms with Gasteiger partial charge in [0.2, 0.25) is 10.0 Å². The molecule has 1 aliphatic rings. The summed E-state index contributed by atoms with van der Waals surface area (Å²) in [6.07, 6.45) is 5.07. The molecule has 0 bridgehead atoms. The minimum atomic E-state index is -3.57. The number of anilines is 1. The van der Waals surface area contributed by atoms with E-state index in [9.17, 15) is 13.2 Å². The van der Waals surface area contributed by atoms with Crippen LogP contribution in [0.2, 0.25) is 0 Å². The molecule has 0 heterocycles. The van der Waals surface area contributed by atoms with Crippen molar-refractivity contribution in [2.75, 3.05) is 19.0 Å². The molecular formula is C25H32BrN3O4S2. The van der Waals surface area contributed by atoms with Gasteiger partial charge < -0.3 is 10.1 Å². The molecule has 0 unspecified atom stereocenters. The van der Waals surface area contributed by atoms with Gasteiger partial charge in [-0.15, -0.1) is 0 Å². The maximum atomic E-state index is 13.0. The van der Waals surface area contributed by atoms with Crippen LogP contribution in [-0.4, -0.2) is 43.4 Å². The third-order valence-corrected chi connectivity index (χ3v) is 8.62. The van der Waals surface area contributed by atoms with Crippen LogP contribution in [0.1, 0.15) is 56.3 Å². The summed E-state index contributed by atoms with van der Waals surface area (Å²) in [6, 6.07) is 11.5. The zero-order valence-electron chi connectivity index (χ0n) is 20.2. The van der Waals surface area contributed by atoms with Crippen LogP contribution in [0.4, 0.5) is 5.69 Å². The van der Waals surface area contributed by atoms with Gasteiger partial charge in [0.1, 0.15) is 5.75 Å². The van der Waals surface area contributed by atoms with Gasteiger partial charge in [-0.1, -0.05) is 33.1 Å². The third kappa shape index (κ3) is 7.49. The molecule has 1 saturated carbocycles. The van der Waals surface area contributed by atoms with Crippen molar-refractivity contribution in [2.45, 2.75) is 56.9 Å². The number of ether oxygens (including phenoxy) is 1. The number of benzene rings is 2. The summed E-state index contributed by atoms with van der Waals surface area (Å²) in [7, 11) is -1.91. The number of sulfonamides is 1. The van der Waals surface area contributed by atoms with Gasteiger partial charge in [-0.3, -0.25) is 10.1 Å². The van der Waals surface area contributed by atoms with Crippen LogP contribution >= 0.6 is 28.1 Å². The Morgan fingerprint density at radius 1 is 1.14 bits per heavy atom. The minimum Gasteiger partial charge on any atom is -0.492 e. The van der Waals surface area contributed by atoms with Crippen LogP contribution in [-0.2, 0) is 10.0 Å². The van der Waals surface area contributed by atoms with Crippen molar-refractivity contribution in [3.8, 4) is 5.75 Å². The third-order valence-electron chi connectivity index (χ3n) is 5.87. The van der Waals surface area contributed by atoms with Gasteiger partial charge in [0.15, 0.2) is 5.11 Å². The molecule has 7 nitrogen and oxygen atoms in total. The van der Waals surface area contributed by atoms with Crippen LogP contribution in [0.5, 0.6) is 5.75 Å². The largest absolute Gasteiger partial charge is 0.492 e. The first-order valence-corrected chi connectivity index (χ1v) is 14.3. The van der Waals surface area contributed by atoms with Crippen molar-refractivity contribution in [3.05, 3.63) is 52.5 Å². The van der Waals surface area contributed by atoms with E-state index in [2.05, 4.69) is 40.4 Å². The van der Waals surface area contributed by atoms with Crippen LogP contribution in [0.15, 0.2) is 51.8 Å². The lowest BCUT2D eigenvalue weighted by molar-refractivity contribution is 0.0977.